The second-order valence-electron chi connectivity index (χ2n) is 6.64. The molecule has 0 aliphatic carbocycles. The fourth-order valence-corrected chi connectivity index (χ4v) is 3.18. The van der Waals surface area contributed by atoms with Gasteiger partial charge in [0.25, 0.3) is 0 Å². The number of hydrogen-bond donors (Lipinski definition) is 2. The van der Waals surface area contributed by atoms with Gasteiger partial charge in [-0.15, -0.1) is 5.10 Å². The van der Waals surface area contributed by atoms with Crippen LogP contribution in [0.4, 0.5) is 37.6 Å². The molecular weight excluding hydrogens is 362 g/mol. The summed E-state index contributed by atoms with van der Waals surface area (Å²) in [5.74, 6) is -1.18. The van der Waals surface area contributed by atoms with Crippen LogP contribution < -0.4 is 15.5 Å². The van der Waals surface area contributed by atoms with Crippen molar-refractivity contribution < 1.29 is 8.78 Å². The monoisotopic (exact) mass is 382 g/mol. The summed E-state index contributed by atoms with van der Waals surface area (Å²) in [6, 6.07) is 11.6. The van der Waals surface area contributed by atoms with Crippen LogP contribution in [0.25, 0.3) is 0 Å². The highest BCUT2D eigenvalue weighted by Gasteiger charge is 2.11. The highest BCUT2D eigenvalue weighted by atomic mass is 19.2. The Morgan fingerprint density at radius 2 is 1.57 bits per heavy atom. The summed E-state index contributed by atoms with van der Waals surface area (Å²) >= 11 is 0. The normalized spacial score (nSPS) is 14.0. The maximum atomic E-state index is 13.3. The van der Waals surface area contributed by atoms with E-state index < -0.39 is 11.6 Å². The molecule has 0 atom stereocenters. The van der Waals surface area contributed by atoms with Crippen molar-refractivity contribution in [3.05, 3.63) is 60.3 Å². The van der Waals surface area contributed by atoms with Gasteiger partial charge >= 0.3 is 0 Å². The Labute approximate surface area is 161 Å². The smallest absolute Gasteiger partial charge is 0.249 e. The zero-order valence-electron chi connectivity index (χ0n) is 15.2. The molecule has 1 aliphatic rings. The van der Waals surface area contributed by atoms with E-state index in [-0.39, 0.29) is 5.95 Å². The number of nitrogens with zero attached hydrogens (tertiary/aromatic N) is 4. The molecule has 1 fully saturated rings. The van der Waals surface area contributed by atoms with E-state index in [2.05, 4.69) is 42.8 Å². The van der Waals surface area contributed by atoms with Crippen LogP contribution in [0.3, 0.4) is 0 Å². The van der Waals surface area contributed by atoms with Gasteiger partial charge < -0.3 is 15.5 Å². The standard InChI is InChI=1S/C20H20F2N6/c21-17-9-6-15(12-18(17)22)25-20-26-19(13-23-27-20)24-14-4-7-16(8-5-14)28-10-2-1-3-11-28/h4-9,12-13H,1-3,10-11H2,(H2,24,25,26,27). The van der Waals surface area contributed by atoms with Crippen LogP contribution >= 0.6 is 0 Å². The largest absolute Gasteiger partial charge is 0.372 e. The van der Waals surface area contributed by atoms with Gasteiger partial charge in [0.15, 0.2) is 17.5 Å². The molecule has 2 aromatic carbocycles. The predicted molar refractivity (Wildman–Crippen MR) is 105 cm³/mol. The lowest BCUT2D eigenvalue weighted by Gasteiger charge is -2.28. The Hall–Kier alpha value is -3.29. The highest BCUT2D eigenvalue weighted by Crippen LogP contribution is 2.23. The first-order chi connectivity index (χ1) is 13.7. The van der Waals surface area contributed by atoms with Crippen molar-refractivity contribution in [3.63, 3.8) is 0 Å². The van der Waals surface area contributed by atoms with Crippen molar-refractivity contribution >= 4 is 28.8 Å². The third-order valence-electron chi connectivity index (χ3n) is 4.60. The molecular formula is C20H20F2N6. The van der Waals surface area contributed by atoms with E-state index >= 15 is 0 Å². The lowest BCUT2D eigenvalue weighted by molar-refractivity contribution is 0.509. The average molecular weight is 382 g/mol. The molecule has 3 aromatic rings. The van der Waals surface area contributed by atoms with Crippen LogP contribution in [-0.4, -0.2) is 28.3 Å². The highest BCUT2D eigenvalue weighted by molar-refractivity contribution is 5.62. The van der Waals surface area contributed by atoms with Crippen molar-refractivity contribution in [3.8, 4) is 0 Å². The van der Waals surface area contributed by atoms with Gasteiger partial charge in [-0.25, -0.2) is 8.78 Å². The summed E-state index contributed by atoms with van der Waals surface area (Å²) in [4.78, 5) is 6.70. The summed E-state index contributed by atoms with van der Waals surface area (Å²) in [5.41, 5.74) is 2.43. The maximum Gasteiger partial charge on any atom is 0.249 e. The quantitative estimate of drug-likeness (QED) is 0.671. The van der Waals surface area contributed by atoms with E-state index in [1.807, 2.05) is 12.1 Å². The third-order valence-corrected chi connectivity index (χ3v) is 4.60. The Bertz CT molecular complexity index is 942. The Morgan fingerprint density at radius 3 is 2.32 bits per heavy atom. The second kappa shape index (κ2) is 8.16. The summed E-state index contributed by atoms with van der Waals surface area (Å²) < 4.78 is 26.4. The van der Waals surface area contributed by atoms with Gasteiger partial charge in [-0.2, -0.15) is 10.1 Å². The molecule has 0 unspecified atom stereocenters. The molecule has 1 saturated heterocycles. The summed E-state index contributed by atoms with van der Waals surface area (Å²) in [6.45, 7) is 2.20. The van der Waals surface area contributed by atoms with Gasteiger partial charge in [-0.3, -0.25) is 0 Å². The number of benzene rings is 2. The van der Waals surface area contributed by atoms with Crippen LogP contribution in [-0.2, 0) is 0 Å². The second-order valence-corrected chi connectivity index (χ2v) is 6.64. The van der Waals surface area contributed by atoms with Crippen molar-refractivity contribution in [2.24, 2.45) is 0 Å². The predicted octanol–water partition coefficient (Wildman–Crippen LogP) is 4.63. The zero-order valence-corrected chi connectivity index (χ0v) is 15.2. The minimum absolute atomic E-state index is 0.181. The van der Waals surface area contributed by atoms with E-state index in [4.69, 9.17) is 0 Å². The molecule has 0 radical (unpaired) electrons. The van der Waals surface area contributed by atoms with Crippen LogP contribution in [0.5, 0.6) is 0 Å². The van der Waals surface area contributed by atoms with Crippen LogP contribution in [0.2, 0.25) is 0 Å². The number of halogens is 2. The molecule has 2 N–H and O–H groups in total. The molecule has 144 valence electrons. The molecule has 0 spiro atoms. The van der Waals surface area contributed by atoms with Crippen LogP contribution in [0.1, 0.15) is 19.3 Å². The van der Waals surface area contributed by atoms with Crippen LogP contribution in [0, 0.1) is 11.6 Å². The van der Waals surface area contributed by atoms with E-state index in [0.29, 0.717) is 11.5 Å². The minimum Gasteiger partial charge on any atom is -0.372 e. The van der Waals surface area contributed by atoms with Crippen molar-refractivity contribution in [2.45, 2.75) is 19.3 Å². The van der Waals surface area contributed by atoms with Gasteiger partial charge in [0.1, 0.15) is 0 Å². The van der Waals surface area contributed by atoms with Crippen molar-refractivity contribution in [2.75, 3.05) is 28.6 Å². The number of aromatic nitrogens is 3. The molecule has 0 amide bonds. The summed E-state index contributed by atoms with van der Waals surface area (Å²) in [6.07, 6.45) is 5.27. The van der Waals surface area contributed by atoms with E-state index in [1.54, 1.807) is 0 Å². The van der Waals surface area contributed by atoms with E-state index in [9.17, 15) is 8.78 Å². The molecule has 4 rings (SSSR count). The first-order valence-corrected chi connectivity index (χ1v) is 9.21. The topological polar surface area (TPSA) is 66.0 Å². The Balaban J connectivity index is 1.43. The van der Waals surface area contributed by atoms with Gasteiger partial charge in [-0.05, 0) is 55.7 Å². The number of piperidine rings is 1. The first-order valence-electron chi connectivity index (χ1n) is 9.21. The average Bonchev–Trinajstić information content (AvgIpc) is 2.72. The lowest BCUT2D eigenvalue weighted by Crippen LogP contribution is -2.29. The molecule has 2 heterocycles. The number of nitrogens with one attached hydrogen (secondary N) is 2. The molecule has 0 bridgehead atoms. The molecule has 28 heavy (non-hydrogen) atoms. The summed E-state index contributed by atoms with van der Waals surface area (Å²) in [5, 5.41) is 13.7. The van der Waals surface area contributed by atoms with Crippen molar-refractivity contribution in [1.29, 1.82) is 0 Å². The molecule has 1 aliphatic heterocycles. The van der Waals surface area contributed by atoms with Gasteiger partial charge in [0.2, 0.25) is 5.95 Å². The summed E-state index contributed by atoms with van der Waals surface area (Å²) in [7, 11) is 0. The zero-order chi connectivity index (χ0) is 19.3. The Morgan fingerprint density at radius 1 is 0.821 bits per heavy atom. The molecule has 8 heteroatoms. The van der Waals surface area contributed by atoms with Gasteiger partial charge in [0, 0.05) is 36.2 Å². The number of hydrogen-bond acceptors (Lipinski definition) is 6. The fourth-order valence-electron chi connectivity index (χ4n) is 3.18. The number of anilines is 5. The fraction of sp³-hybridized carbons (Fsp3) is 0.250. The van der Waals surface area contributed by atoms with Gasteiger partial charge in [-0.1, -0.05) is 0 Å². The maximum absolute atomic E-state index is 13.3. The molecule has 0 saturated carbocycles. The number of rotatable bonds is 5. The minimum atomic E-state index is -0.943. The van der Waals surface area contributed by atoms with Crippen molar-refractivity contribution in [1.82, 2.24) is 15.2 Å². The SMILES string of the molecule is Fc1ccc(Nc2nncc(Nc3ccc(N4CCCCC4)cc3)n2)cc1F. The van der Waals surface area contributed by atoms with E-state index in [1.165, 1.54) is 37.2 Å². The van der Waals surface area contributed by atoms with E-state index in [0.717, 1.165) is 30.9 Å². The first kappa shape index (κ1) is 18.1. The van der Waals surface area contributed by atoms with Crippen LogP contribution in [0.15, 0.2) is 48.7 Å². The molecule has 6 nitrogen and oxygen atoms in total. The Kier molecular flexibility index (Phi) is 5.27. The van der Waals surface area contributed by atoms with Gasteiger partial charge in [0.05, 0.1) is 6.20 Å². The molecule has 1 aromatic heterocycles. The lowest BCUT2D eigenvalue weighted by atomic mass is 10.1. The third kappa shape index (κ3) is 4.33.